The summed E-state index contributed by atoms with van der Waals surface area (Å²) in [4.78, 5) is 11.7. The minimum absolute atomic E-state index is 0.157. The Balaban J connectivity index is 1.91. The van der Waals surface area contributed by atoms with E-state index >= 15 is 0 Å². The molecule has 3 nitrogen and oxygen atoms in total. The van der Waals surface area contributed by atoms with Crippen LogP contribution in [0, 0.1) is 5.92 Å². The van der Waals surface area contributed by atoms with Gasteiger partial charge in [-0.25, -0.2) is 4.79 Å². The first kappa shape index (κ1) is 15.0. The Bertz CT molecular complexity index is 590. The van der Waals surface area contributed by atoms with Gasteiger partial charge in [-0.05, 0) is 23.8 Å². The lowest BCUT2D eigenvalue weighted by molar-refractivity contribution is 0.0657. The highest BCUT2D eigenvalue weighted by Gasteiger charge is 2.13. The number of aliphatic hydroxyl groups excluding tert-OH is 1. The van der Waals surface area contributed by atoms with Crippen LogP contribution < -0.4 is 0 Å². The number of ether oxygens (including phenoxy) is 1. The van der Waals surface area contributed by atoms with Crippen LogP contribution in [0.4, 0.5) is 0 Å². The molecule has 0 saturated carbocycles. The molecule has 0 aliphatic rings. The fraction of sp³-hybridized carbons (Fsp3) is 0.167. The van der Waals surface area contributed by atoms with Crippen molar-refractivity contribution >= 4 is 5.97 Å². The lowest BCUT2D eigenvalue weighted by Gasteiger charge is -2.15. The molecule has 1 N–H and O–H groups in total. The van der Waals surface area contributed by atoms with Crippen molar-refractivity contribution in [2.45, 2.75) is 13.0 Å². The monoisotopic (exact) mass is 282 g/mol. The Morgan fingerprint density at radius 1 is 1.05 bits per heavy atom. The first-order chi connectivity index (χ1) is 10.2. The lowest BCUT2D eigenvalue weighted by atomic mass is 9.98. The second kappa shape index (κ2) is 7.41. The average Bonchev–Trinajstić information content (AvgIpc) is 2.55. The summed E-state index contributed by atoms with van der Waals surface area (Å²) in [6.45, 7) is 1.87. The van der Waals surface area contributed by atoms with Crippen LogP contribution in [0.25, 0.3) is 0 Å². The third-order valence-electron chi connectivity index (χ3n) is 3.21. The van der Waals surface area contributed by atoms with Crippen molar-refractivity contribution in [2.24, 2.45) is 5.92 Å². The topological polar surface area (TPSA) is 46.5 Å². The summed E-state index contributed by atoms with van der Waals surface area (Å²) < 4.78 is 5.05. The second-order valence-electron chi connectivity index (χ2n) is 4.81. The molecule has 0 saturated heterocycles. The normalized spacial score (nSPS) is 13.8. The van der Waals surface area contributed by atoms with Gasteiger partial charge in [0.15, 0.2) is 0 Å². The molecule has 0 heterocycles. The Labute approximate surface area is 124 Å². The van der Waals surface area contributed by atoms with Crippen LogP contribution in [0.2, 0.25) is 0 Å². The van der Waals surface area contributed by atoms with Crippen LogP contribution in [-0.4, -0.2) is 11.1 Å². The van der Waals surface area contributed by atoms with Crippen LogP contribution in [0.1, 0.15) is 28.9 Å². The standard InChI is InChI=1S/C18H18O3/c1-14(17(19)15-8-4-2-5-9-15)12-13-21-18(20)16-10-6-3-7-11-16/h2-14,17,19H,1H3/b13-12-/t14-,17+/m0/s1. The summed E-state index contributed by atoms with van der Waals surface area (Å²) in [5, 5.41) is 10.2. The molecule has 108 valence electrons. The van der Waals surface area contributed by atoms with E-state index in [0.29, 0.717) is 5.56 Å². The van der Waals surface area contributed by atoms with Crippen molar-refractivity contribution in [2.75, 3.05) is 0 Å². The minimum atomic E-state index is -0.627. The number of hydrogen-bond donors (Lipinski definition) is 1. The van der Waals surface area contributed by atoms with Gasteiger partial charge in [-0.15, -0.1) is 0 Å². The van der Waals surface area contributed by atoms with E-state index in [9.17, 15) is 9.90 Å². The zero-order chi connectivity index (χ0) is 15.1. The van der Waals surface area contributed by atoms with Gasteiger partial charge in [-0.1, -0.05) is 55.5 Å². The molecule has 0 aliphatic carbocycles. The fourth-order valence-corrected chi connectivity index (χ4v) is 1.93. The van der Waals surface area contributed by atoms with E-state index in [2.05, 4.69) is 0 Å². The molecule has 0 aliphatic heterocycles. The Morgan fingerprint density at radius 2 is 1.62 bits per heavy atom. The third-order valence-corrected chi connectivity index (χ3v) is 3.21. The van der Waals surface area contributed by atoms with Crippen LogP contribution in [0.3, 0.4) is 0 Å². The molecule has 0 aromatic heterocycles. The number of rotatable bonds is 5. The van der Waals surface area contributed by atoms with Crippen molar-refractivity contribution in [3.8, 4) is 0 Å². The van der Waals surface area contributed by atoms with Crippen LogP contribution in [0.15, 0.2) is 73.0 Å². The maximum absolute atomic E-state index is 11.7. The molecule has 0 spiro atoms. The summed E-state index contributed by atoms with van der Waals surface area (Å²) in [6.07, 6.45) is 2.39. The SMILES string of the molecule is C[C@@H](/C=C\OC(=O)c1ccccc1)[C@@H](O)c1ccccc1. The van der Waals surface area contributed by atoms with E-state index in [1.807, 2.05) is 43.3 Å². The molecule has 0 unspecified atom stereocenters. The summed E-state index contributed by atoms with van der Waals surface area (Å²) >= 11 is 0. The summed E-state index contributed by atoms with van der Waals surface area (Å²) in [5.74, 6) is -0.566. The molecule has 2 rings (SSSR count). The highest BCUT2D eigenvalue weighted by atomic mass is 16.5. The van der Waals surface area contributed by atoms with E-state index in [-0.39, 0.29) is 5.92 Å². The Morgan fingerprint density at radius 3 is 2.24 bits per heavy atom. The first-order valence-corrected chi connectivity index (χ1v) is 6.84. The van der Waals surface area contributed by atoms with Gasteiger partial charge in [0.25, 0.3) is 0 Å². The van der Waals surface area contributed by atoms with Crippen molar-refractivity contribution in [3.63, 3.8) is 0 Å². The number of hydrogen-bond acceptors (Lipinski definition) is 3. The second-order valence-corrected chi connectivity index (χ2v) is 4.81. The van der Waals surface area contributed by atoms with E-state index in [1.54, 1.807) is 30.3 Å². The van der Waals surface area contributed by atoms with Crippen LogP contribution in [-0.2, 0) is 4.74 Å². The predicted molar refractivity (Wildman–Crippen MR) is 81.6 cm³/mol. The van der Waals surface area contributed by atoms with Gasteiger partial charge in [-0.3, -0.25) is 0 Å². The van der Waals surface area contributed by atoms with Crippen LogP contribution in [0.5, 0.6) is 0 Å². The quantitative estimate of drug-likeness (QED) is 0.671. The molecule has 3 heteroatoms. The molecule has 0 amide bonds. The molecule has 0 radical (unpaired) electrons. The highest BCUT2D eigenvalue weighted by molar-refractivity contribution is 5.89. The van der Waals surface area contributed by atoms with E-state index < -0.39 is 12.1 Å². The molecule has 0 bridgehead atoms. The number of carbonyl (C=O) groups excluding carboxylic acids is 1. The van der Waals surface area contributed by atoms with Gasteiger partial charge in [0.05, 0.1) is 17.9 Å². The largest absolute Gasteiger partial charge is 0.431 e. The maximum Gasteiger partial charge on any atom is 0.342 e. The van der Waals surface area contributed by atoms with E-state index in [0.717, 1.165) is 5.56 Å². The zero-order valence-corrected chi connectivity index (χ0v) is 11.8. The van der Waals surface area contributed by atoms with Crippen molar-refractivity contribution in [1.82, 2.24) is 0 Å². The van der Waals surface area contributed by atoms with Gasteiger partial charge in [0, 0.05) is 5.92 Å². The van der Waals surface area contributed by atoms with Crippen LogP contribution >= 0.6 is 0 Å². The number of benzene rings is 2. The minimum Gasteiger partial charge on any atom is -0.431 e. The van der Waals surface area contributed by atoms with Crippen molar-refractivity contribution in [1.29, 1.82) is 0 Å². The van der Waals surface area contributed by atoms with Gasteiger partial charge in [0.2, 0.25) is 0 Å². The van der Waals surface area contributed by atoms with E-state index in [1.165, 1.54) is 6.26 Å². The van der Waals surface area contributed by atoms with Gasteiger partial charge in [0.1, 0.15) is 0 Å². The van der Waals surface area contributed by atoms with Crippen molar-refractivity contribution in [3.05, 3.63) is 84.1 Å². The predicted octanol–water partition coefficient (Wildman–Crippen LogP) is 3.73. The zero-order valence-electron chi connectivity index (χ0n) is 11.8. The molecule has 21 heavy (non-hydrogen) atoms. The lowest BCUT2D eigenvalue weighted by Crippen LogP contribution is -2.07. The number of carbonyl (C=O) groups is 1. The molecule has 2 aromatic rings. The first-order valence-electron chi connectivity index (χ1n) is 6.84. The molecular weight excluding hydrogens is 264 g/mol. The summed E-state index contributed by atoms with van der Waals surface area (Å²) in [6, 6.07) is 18.2. The van der Waals surface area contributed by atoms with Crippen molar-refractivity contribution < 1.29 is 14.6 Å². The maximum atomic E-state index is 11.7. The van der Waals surface area contributed by atoms with Gasteiger partial charge < -0.3 is 9.84 Å². The fourth-order valence-electron chi connectivity index (χ4n) is 1.93. The Kier molecular flexibility index (Phi) is 5.29. The highest BCUT2D eigenvalue weighted by Crippen LogP contribution is 2.22. The summed E-state index contributed by atoms with van der Waals surface area (Å²) in [5.41, 5.74) is 1.34. The van der Waals surface area contributed by atoms with Gasteiger partial charge in [-0.2, -0.15) is 0 Å². The molecule has 2 aromatic carbocycles. The smallest absolute Gasteiger partial charge is 0.342 e. The third kappa shape index (κ3) is 4.29. The Hall–Kier alpha value is -2.39. The summed E-state index contributed by atoms with van der Waals surface area (Å²) in [7, 11) is 0. The number of esters is 1. The van der Waals surface area contributed by atoms with Gasteiger partial charge >= 0.3 is 5.97 Å². The van der Waals surface area contributed by atoms with E-state index in [4.69, 9.17) is 4.74 Å². The molecule has 0 fully saturated rings. The number of aliphatic hydroxyl groups is 1. The average molecular weight is 282 g/mol. The molecule has 2 atom stereocenters. The molecular formula is C18H18O3.